The summed E-state index contributed by atoms with van der Waals surface area (Å²) < 4.78 is 2.21. The fourth-order valence-electron chi connectivity index (χ4n) is 1.96. The van der Waals surface area contributed by atoms with Crippen molar-refractivity contribution in [3.63, 3.8) is 0 Å². The fraction of sp³-hybridized carbons (Fsp3) is 0.214. The fourth-order valence-corrected chi connectivity index (χ4v) is 2.32. The highest BCUT2D eigenvalue weighted by atomic mass is 79.9. The van der Waals surface area contributed by atoms with E-state index in [4.69, 9.17) is 0 Å². The third-order valence-corrected chi connectivity index (χ3v) is 3.39. The first-order chi connectivity index (χ1) is 9.92. The van der Waals surface area contributed by atoms with E-state index in [1.807, 2.05) is 6.92 Å². The number of hydrogen-bond acceptors (Lipinski definition) is 3. The van der Waals surface area contributed by atoms with Gasteiger partial charge in [0.25, 0.3) is 5.91 Å². The molecule has 0 spiro atoms. The van der Waals surface area contributed by atoms with Crippen molar-refractivity contribution in [1.29, 1.82) is 0 Å². The van der Waals surface area contributed by atoms with E-state index in [0.29, 0.717) is 16.7 Å². The SMILES string of the molecule is CCn1nc(C)cc1C(=O)Nc1ccc(Br)cc1C(=O)O. The molecule has 0 saturated heterocycles. The van der Waals surface area contributed by atoms with Crippen LogP contribution in [0.4, 0.5) is 5.69 Å². The van der Waals surface area contributed by atoms with Crippen LogP contribution in [0.15, 0.2) is 28.7 Å². The van der Waals surface area contributed by atoms with Crippen LogP contribution in [0.1, 0.15) is 33.5 Å². The lowest BCUT2D eigenvalue weighted by Gasteiger charge is -2.09. The Morgan fingerprint density at radius 3 is 2.71 bits per heavy atom. The first-order valence-electron chi connectivity index (χ1n) is 6.31. The minimum absolute atomic E-state index is 0.0250. The summed E-state index contributed by atoms with van der Waals surface area (Å²) in [6.45, 7) is 4.24. The van der Waals surface area contributed by atoms with Crippen LogP contribution in [0.3, 0.4) is 0 Å². The molecule has 0 unspecified atom stereocenters. The molecule has 0 radical (unpaired) electrons. The zero-order valence-electron chi connectivity index (χ0n) is 11.6. The maximum atomic E-state index is 12.3. The number of aromatic nitrogens is 2. The molecule has 0 bridgehead atoms. The number of anilines is 1. The Balaban J connectivity index is 2.33. The molecule has 0 aliphatic rings. The summed E-state index contributed by atoms with van der Waals surface area (Å²) >= 11 is 3.21. The van der Waals surface area contributed by atoms with Crippen molar-refractivity contribution in [2.24, 2.45) is 0 Å². The number of benzene rings is 1. The van der Waals surface area contributed by atoms with Gasteiger partial charge in [-0.2, -0.15) is 5.10 Å². The predicted octanol–water partition coefficient (Wildman–Crippen LogP) is 2.92. The number of rotatable bonds is 4. The van der Waals surface area contributed by atoms with Gasteiger partial charge in [-0.15, -0.1) is 0 Å². The van der Waals surface area contributed by atoms with E-state index in [9.17, 15) is 14.7 Å². The van der Waals surface area contributed by atoms with Gasteiger partial charge in [-0.05, 0) is 38.1 Å². The number of nitrogens with one attached hydrogen (secondary N) is 1. The number of aryl methyl sites for hydroxylation is 2. The van der Waals surface area contributed by atoms with E-state index >= 15 is 0 Å². The highest BCUT2D eigenvalue weighted by Gasteiger charge is 2.17. The van der Waals surface area contributed by atoms with Crippen molar-refractivity contribution in [3.8, 4) is 0 Å². The molecule has 1 amide bonds. The maximum absolute atomic E-state index is 12.3. The molecule has 0 saturated carbocycles. The van der Waals surface area contributed by atoms with Crippen LogP contribution >= 0.6 is 15.9 Å². The molecule has 2 rings (SSSR count). The zero-order valence-corrected chi connectivity index (χ0v) is 13.1. The summed E-state index contributed by atoms with van der Waals surface area (Å²) in [6.07, 6.45) is 0. The number of halogens is 1. The highest BCUT2D eigenvalue weighted by Crippen LogP contribution is 2.22. The van der Waals surface area contributed by atoms with Crippen LogP contribution in [-0.4, -0.2) is 26.8 Å². The second-order valence-electron chi connectivity index (χ2n) is 4.44. The van der Waals surface area contributed by atoms with Crippen LogP contribution in [0.25, 0.3) is 0 Å². The van der Waals surface area contributed by atoms with Gasteiger partial charge in [0.15, 0.2) is 0 Å². The predicted molar refractivity (Wildman–Crippen MR) is 81.7 cm³/mol. The molecular weight excluding hydrogens is 338 g/mol. The zero-order chi connectivity index (χ0) is 15.6. The summed E-state index contributed by atoms with van der Waals surface area (Å²) in [5.41, 5.74) is 1.40. The first kappa shape index (κ1) is 15.2. The van der Waals surface area contributed by atoms with Crippen LogP contribution in [0.5, 0.6) is 0 Å². The number of hydrogen-bond donors (Lipinski definition) is 2. The molecule has 1 aromatic carbocycles. The van der Waals surface area contributed by atoms with Crippen LogP contribution < -0.4 is 5.32 Å². The van der Waals surface area contributed by atoms with Gasteiger partial charge >= 0.3 is 5.97 Å². The Morgan fingerprint density at radius 1 is 1.38 bits per heavy atom. The molecule has 110 valence electrons. The van der Waals surface area contributed by atoms with Gasteiger partial charge in [0.05, 0.1) is 16.9 Å². The maximum Gasteiger partial charge on any atom is 0.337 e. The molecule has 2 aromatic rings. The molecule has 0 aliphatic heterocycles. The first-order valence-corrected chi connectivity index (χ1v) is 7.10. The van der Waals surface area contributed by atoms with Gasteiger partial charge in [0.1, 0.15) is 5.69 Å². The van der Waals surface area contributed by atoms with Crippen molar-refractivity contribution in [1.82, 2.24) is 9.78 Å². The van der Waals surface area contributed by atoms with Crippen LogP contribution in [0.2, 0.25) is 0 Å². The summed E-state index contributed by atoms with van der Waals surface area (Å²) in [5, 5.41) is 16.0. The number of carbonyl (C=O) groups excluding carboxylic acids is 1. The van der Waals surface area contributed by atoms with Gasteiger partial charge in [-0.1, -0.05) is 15.9 Å². The Labute approximate surface area is 129 Å². The van der Waals surface area contributed by atoms with Crippen molar-refractivity contribution in [2.45, 2.75) is 20.4 Å². The van der Waals surface area contributed by atoms with Crippen molar-refractivity contribution in [2.75, 3.05) is 5.32 Å². The number of aromatic carboxylic acids is 1. The van der Waals surface area contributed by atoms with Gasteiger partial charge in [-0.3, -0.25) is 9.48 Å². The largest absolute Gasteiger partial charge is 0.478 e. The number of carbonyl (C=O) groups is 2. The highest BCUT2D eigenvalue weighted by molar-refractivity contribution is 9.10. The lowest BCUT2D eigenvalue weighted by Crippen LogP contribution is -2.19. The Morgan fingerprint density at radius 2 is 2.10 bits per heavy atom. The van der Waals surface area contributed by atoms with Crippen LogP contribution in [0, 0.1) is 6.92 Å². The minimum atomic E-state index is -1.10. The van der Waals surface area contributed by atoms with E-state index in [0.717, 1.165) is 5.69 Å². The van der Waals surface area contributed by atoms with E-state index in [-0.39, 0.29) is 17.2 Å². The number of amides is 1. The van der Waals surface area contributed by atoms with E-state index < -0.39 is 5.97 Å². The monoisotopic (exact) mass is 351 g/mol. The van der Waals surface area contributed by atoms with Crippen molar-refractivity contribution in [3.05, 3.63) is 45.7 Å². The third-order valence-electron chi connectivity index (χ3n) is 2.89. The van der Waals surface area contributed by atoms with Gasteiger partial charge in [-0.25, -0.2) is 4.79 Å². The van der Waals surface area contributed by atoms with Crippen molar-refractivity contribution >= 4 is 33.5 Å². The molecule has 0 fully saturated rings. The molecule has 6 nitrogen and oxygen atoms in total. The van der Waals surface area contributed by atoms with E-state index in [2.05, 4.69) is 26.3 Å². The van der Waals surface area contributed by atoms with Gasteiger partial charge in [0, 0.05) is 11.0 Å². The lowest BCUT2D eigenvalue weighted by atomic mass is 10.1. The smallest absolute Gasteiger partial charge is 0.337 e. The summed E-state index contributed by atoms with van der Waals surface area (Å²) in [4.78, 5) is 23.5. The average Bonchev–Trinajstić information content (AvgIpc) is 2.81. The lowest BCUT2D eigenvalue weighted by molar-refractivity contribution is 0.0698. The Hall–Kier alpha value is -2.15. The third kappa shape index (κ3) is 3.30. The molecule has 0 aliphatic carbocycles. The summed E-state index contributed by atoms with van der Waals surface area (Å²) in [7, 11) is 0. The van der Waals surface area contributed by atoms with E-state index in [1.165, 1.54) is 6.07 Å². The van der Waals surface area contributed by atoms with Crippen molar-refractivity contribution < 1.29 is 14.7 Å². The van der Waals surface area contributed by atoms with Gasteiger partial charge < -0.3 is 10.4 Å². The number of carboxylic acid groups (broad SMARTS) is 1. The molecule has 1 aromatic heterocycles. The average molecular weight is 352 g/mol. The van der Waals surface area contributed by atoms with E-state index in [1.54, 1.807) is 29.8 Å². The molecule has 2 N–H and O–H groups in total. The normalized spacial score (nSPS) is 10.4. The Bertz CT molecular complexity index is 709. The standard InChI is InChI=1S/C14H14BrN3O3/c1-3-18-12(6-8(2)17-18)13(19)16-11-5-4-9(15)7-10(11)14(20)21/h4-7H,3H2,1-2H3,(H,16,19)(H,20,21). The number of nitrogens with zero attached hydrogens (tertiary/aromatic N) is 2. The molecule has 0 atom stereocenters. The second-order valence-corrected chi connectivity index (χ2v) is 5.35. The molecule has 21 heavy (non-hydrogen) atoms. The summed E-state index contributed by atoms with van der Waals surface area (Å²) in [5.74, 6) is -1.49. The minimum Gasteiger partial charge on any atom is -0.478 e. The number of carboxylic acids is 1. The van der Waals surface area contributed by atoms with Gasteiger partial charge in [0.2, 0.25) is 0 Å². The topological polar surface area (TPSA) is 84.2 Å². The quantitative estimate of drug-likeness (QED) is 0.886. The molecular formula is C14H14BrN3O3. The van der Waals surface area contributed by atoms with Crippen LogP contribution in [-0.2, 0) is 6.54 Å². The second kappa shape index (κ2) is 6.09. The molecule has 1 heterocycles. The Kier molecular flexibility index (Phi) is 4.42. The summed E-state index contributed by atoms with van der Waals surface area (Å²) in [6, 6.07) is 6.33. The molecule has 7 heteroatoms.